The number of imide groups is 1. The predicted octanol–water partition coefficient (Wildman–Crippen LogP) is 2.05. The molecule has 0 bridgehead atoms. The second-order valence-corrected chi connectivity index (χ2v) is 7.61. The number of amides is 3. The van der Waals surface area contributed by atoms with Crippen LogP contribution in [0.4, 0.5) is 22.1 Å². The highest BCUT2D eigenvalue weighted by molar-refractivity contribution is 6.13. The van der Waals surface area contributed by atoms with E-state index in [0.717, 1.165) is 29.0 Å². The zero-order chi connectivity index (χ0) is 20.8. The number of nitrogens with zero attached hydrogens (tertiary/aromatic N) is 6. The average Bonchev–Trinajstić information content (AvgIpc) is 3.48. The van der Waals surface area contributed by atoms with E-state index in [1.54, 1.807) is 19.4 Å². The Labute approximate surface area is 172 Å². The van der Waals surface area contributed by atoms with Crippen molar-refractivity contribution in [1.29, 1.82) is 0 Å². The van der Waals surface area contributed by atoms with E-state index in [9.17, 15) is 9.59 Å². The number of carbonyl (C=O) groups excluding carboxylic acids is 2. The number of rotatable bonds is 6. The fourth-order valence-corrected chi connectivity index (χ4v) is 3.61. The van der Waals surface area contributed by atoms with E-state index in [1.165, 1.54) is 11.9 Å². The van der Waals surface area contributed by atoms with E-state index in [1.807, 2.05) is 16.7 Å². The smallest absolute Gasteiger partial charge is 0.331 e. The van der Waals surface area contributed by atoms with Crippen molar-refractivity contribution in [1.82, 2.24) is 24.3 Å². The highest BCUT2D eigenvalue weighted by Crippen LogP contribution is 2.42. The zero-order valence-electron chi connectivity index (χ0n) is 16.8. The van der Waals surface area contributed by atoms with Gasteiger partial charge in [0.15, 0.2) is 5.65 Å². The van der Waals surface area contributed by atoms with Crippen LogP contribution >= 0.6 is 0 Å². The van der Waals surface area contributed by atoms with Gasteiger partial charge in [0, 0.05) is 26.5 Å². The lowest BCUT2D eigenvalue weighted by atomic mass is 10.1. The first-order chi connectivity index (χ1) is 14.5. The lowest BCUT2D eigenvalue weighted by Gasteiger charge is -2.17. The quantitative estimate of drug-likeness (QED) is 0.603. The molecule has 154 valence electrons. The monoisotopic (exact) mass is 406 g/mol. The summed E-state index contributed by atoms with van der Waals surface area (Å²) in [6.07, 6.45) is 9.59. The van der Waals surface area contributed by atoms with Gasteiger partial charge in [-0.15, -0.1) is 0 Å². The maximum atomic E-state index is 12.6. The maximum absolute atomic E-state index is 12.6. The summed E-state index contributed by atoms with van der Waals surface area (Å²) in [5.74, 6) is 1.60. The van der Waals surface area contributed by atoms with Crippen molar-refractivity contribution in [2.45, 2.75) is 25.3 Å². The number of hydrogen-bond acceptors (Lipinski definition) is 7. The summed E-state index contributed by atoms with van der Waals surface area (Å²) in [5, 5.41) is 6.18. The molecule has 10 nitrogen and oxygen atoms in total. The van der Waals surface area contributed by atoms with Crippen molar-refractivity contribution in [2.24, 2.45) is 0 Å². The van der Waals surface area contributed by atoms with Crippen LogP contribution in [0, 0.1) is 0 Å². The summed E-state index contributed by atoms with van der Waals surface area (Å²) in [4.78, 5) is 40.6. The molecule has 0 radical (unpaired) electrons. The highest BCUT2D eigenvalue weighted by atomic mass is 16.2. The lowest BCUT2D eigenvalue weighted by Crippen LogP contribution is -2.30. The van der Waals surface area contributed by atoms with Gasteiger partial charge in [-0.2, -0.15) is 0 Å². The van der Waals surface area contributed by atoms with Crippen LogP contribution in [-0.4, -0.2) is 56.8 Å². The highest BCUT2D eigenvalue weighted by Gasteiger charge is 2.36. The number of anilines is 3. The van der Waals surface area contributed by atoms with Crippen molar-refractivity contribution in [3.8, 4) is 0 Å². The minimum absolute atomic E-state index is 0.0337. The largest absolute Gasteiger partial charge is 0.372 e. The number of pyridine rings is 1. The van der Waals surface area contributed by atoms with Crippen LogP contribution in [0.15, 0.2) is 30.9 Å². The van der Waals surface area contributed by atoms with E-state index in [0.29, 0.717) is 35.4 Å². The fourth-order valence-electron chi connectivity index (χ4n) is 3.61. The Bertz CT molecular complexity index is 1150. The van der Waals surface area contributed by atoms with Gasteiger partial charge < -0.3 is 15.0 Å². The van der Waals surface area contributed by atoms with E-state index in [4.69, 9.17) is 4.98 Å². The van der Waals surface area contributed by atoms with Crippen LogP contribution in [0.1, 0.15) is 30.0 Å². The van der Waals surface area contributed by atoms with Gasteiger partial charge in [-0.1, -0.05) is 0 Å². The fraction of sp³-hybridized carbons (Fsp3) is 0.350. The second-order valence-electron chi connectivity index (χ2n) is 7.61. The van der Waals surface area contributed by atoms with Crippen LogP contribution in [0.5, 0.6) is 0 Å². The van der Waals surface area contributed by atoms with E-state index >= 15 is 0 Å². The van der Waals surface area contributed by atoms with Gasteiger partial charge in [0.25, 0.3) is 0 Å². The molecule has 3 aromatic heterocycles. The number of aromatic nitrogens is 4. The Hall–Kier alpha value is -3.69. The third-order valence-corrected chi connectivity index (χ3v) is 5.47. The predicted molar refractivity (Wildman–Crippen MR) is 112 cm³/mol. The summed E-state index contributed by atoms with van der Waals surface area (Å²) in [6, 6.07) is 1.68. The Kier molecular flexibility index (Phi) is 4.27. The molecule has 1 aliphatic heterocycles. The molecule has 0 unspecified atom stereocenters. The topological polar surface area (TPSA) is 108 Å². The first-order valence-corrected chi connectivity index (χ1v) is 9.86. The molecule has 2 N–H and O–H groups in total. The molecule has 0 spiro atoms. The average molecular weight is 406 g/mol. The lowest BCUT2D eigenvalue weighted by molar-refractivity contribution is -0.123. The van der Waals surface area contributed by atoms with Gasteiger partial charge in [0.2, 0.25) is 5.91 Å². The summed E-state index contributed by atoms with van der Waals surface area (Å²) in [6.45, 7) is 0.487. The molecule has 10 heteroatoms. The van der Waals surface area contributed by atoms with Crippen molar-refractivity contribution in [3.63, 3.8) is 0 Å². The van der Waals surface area contributed by atoms with Crippen LogP contribution < -0.4 is 15.5 Å². The third-order valence-electron chi connectivity index (χ3n) is 5.47. The molecule has 3 amide bonds. The van der Waals surface area contributed by atoms with Gasteiger partial charge >= 0.3 is 6.03 Å². The van der Waals surface area contributed by atoms with E-state index in [2.05, 4.69) is 26.8 Å². The van der Waals surface area contributed by atoms with Crippen LogP contribution in [0.2, 0.25) is 0 Å². The molecule has 0 atom stereocenters. The van der Waals surface area contributed by atoms with Gasteiger partial charge in [-0.25, -0.2) is 14.8 Å². The molecule has 2 fully saturated rings. The number of urea groups is 1. The van der Waals surface area contributed by atoms with Crippen LogP contribution in [0.3, 0.4) is 0 Å². The van der Waals surface area contributed by atoms with Crippen LogP contribution in [-0.2, 0) is 11.3 Å². The first kappa shape index (κ1) is 18.3. The summed E-state index contributed by atoms with van der Waals surface area (Å²) in [7, 11) is 3.30. The molecule has 5 rings (SSSR count). The number of hydrogen-bond donors (Lipinski definition) is 2. The molecule has 2 aliphatic rings. The second kappa shape index (κ2) is 6.97. The Morgan fingerprint density at radius 3 is 2.63 bits per heavy atom. The van der Waals surface area contributed by atoms with Gasteiger partial charge in [0.05, 0.1) is 30.3 Å². The van der Waals surface area contributed by atoms with Crippen molar-refractivity contribution < 1.29 is 9.59 Å². The maximum Gasteiger partial charge on any atom is 0.331 e. The Morgan fingerprint density at radius 1 is 1.13 bits per heavy atom. The molecule has 1 saturated carbocycles. The summed E-state index contributed by atoms with van der Waals surface area (Å²) < 4.78 is 1.95. The Balaban J connectivity index is 1.48. The van der Waals surface area contributed by atoms with E-state index in [-0.39, 0.29) is 18.5 Å². The van der Waals surface area contributed by atoms with E-state index < -0.39 is 0 Å². The molecular formula is C20H22N8O2. The minimum atomic E-state index is -0.323. The number of likely N-dealkylation sites (N-methyl/N-ethyl adjacent to an activating group) is 1. The zero-order valence-corrected chi connectivity index (χ0v) is 16.8. The number of nitrogens with one attached hydrogen (secondary N) is 2. The molecule has 4 heterocycles. The molecular weight excluding hydrogens is 384 g/mol. The standard InChI is InChI=1S/C20H22N8O2/c1-21-16-7-22-8-17(25-16)23-6-14-10-27-9-13(12-3-4-12)5-15(19(27)24-14)28-11-18(29)26(2)20(28)30/h5,7-10,12H,3-4,6,11H2,1-2H3,(H2,21,23,25). The molecule has 1 aliphatic carbocycles. The Morgan fingerprint density at radius 2 is 1.93 bits per heavy atom. The van der Waals surface area contributed by atoms with Gasteiger partial charge in [-0.05, 0) is 30.4 Å². The third kappa shape index (κ3) is 3.19. The molecule has 3 aromatic rings. The number of carbonyl (C=O) groups is 2. The van der Waals surface area contributed by atoms with Gasteiger partial charge in [0.1, 0.15) is 18.2 Å². The molecule has 30 heavy (non-hydrogen) atoms. The molecule has 1 saturated heterocycles. The number of fused-ring (bicyclic) bond motifs is 1. The van der Waals surface area contributed by atoms with Crippen LogP contribution in [0.25, 0.3) is 5.65 Å². The van der Waals surface area contributed by atoms with Gasteiger partial charge in [-0.3, -0.25) is 19.6 Å². The normalized spacial score (nSPS) is 16.6. The van der Waals surface area contributed by atoms with Crippen molar-refractivity contribution in [3.05, 3.63) is 42.1 Å². The summed E-state index contributed by atoms with van der Waals surface area (Å²) >= 11 is 0. The van der Waals surface area contributed by atoms with Crippen molar-refractivity contribution >= 4 is 34.9 Å². The molecule has 0 aromatic carbocycles. The summed E-state index contributed by atoms with van der Waals surface area (Å²) in [5.41, 5.74) is 3.29. The SMILES string of the molecule is CNc1cncc(NCc2cn3cc(C4CC4)cc(N4CC(=O)N(C)C4=O)c3n2)n1. The minimum Gasteiger partial charge on any atom is -0.372 e. The van der Waals surface area contributed by atoms with Crippen molar-refractivity contribution in [2.75, 3.05) is 36.2 Å². The number of imidazole rings is 1. The first-order valence-electron chi connectivity index (χ1n) is 9.86.